The Morgan fingerprint density at radius 2 is 1.89 bits per heavy atom. The van der Waals surface area contributed by atoms with Crippen molar-refractivity contribution in [2.24, 2.45) is 0 Å². The Balaban J connectivity index is 2.19. The summed E-state index contributed by atoms with van der Waals surface area (Å²) in [5, 5.41) is 3.15. The van der Waals surface area contributed by atoms with Gasteiger partial charge in [0.2, 0.25) is 0 Å². The lowest BCUT2D eigenvalue weighted by molar-refractivity contribution is 0.476. The molecule has 0 aliphatic rings. The average Bonchev–Trinajstić information content (AvgIpc) is 2.37. The van der Waals surface area contributed by atoms with Gasteiger partial charge in [-0.05, 0) is 36.9 Å². The Morgan fingerprint density at radius 3 is 2.53 bits per heavy atom. The zero-order chi connectivity index (χ0) is 13.8. The molecule has 1 N–H and O–H groups in total. The van der Waals surface area contributed by atoms with Crippen LogP contribution in [-0.2, 0) is 6.54 Å². The predicted molar refractivity (Wildman–Crippen MR) is 78.4 cm³/mol. The molecule has 5 heteroatoms. The first kappa shape index (κ1) is 14.3. The molecule has 0 saturated heterocycles. The molecule has 2 rings (SSSR count). The monoisotopic (exact) mass is 343 g/mol. The largest absolute Gasteiger partial charge is 0.457 e. The smallest absolute Gasteiger partial charge is 0.145 e. The van der Waals surface area contributed by atoms with E-state index in [1.54, 1.807) is 6.07 Å². The molecule has 0 aromatic heterocycles. The number of ether oxygens (including phenoxy) is 1. The summed E-state index contributed by atoms with van der Waals surface area (Å²) in [6.45, 7) is 0.760. The third-order valence-corrected chi connectivity index (χ3v) is 3.56. The number of hydrogen-bond donors (Lipinski definition) is 1. The maximum absolute atomic E-state index is 13.3. The van der Waals surface area contributed by atoms with E-state index < -0.39 is 5.82 Å². The third-order valence-electron chi connectivity index (χ3n) is 2.52. The molecule has 2 aromatic rings. The van der Waals surface area contributed by atoms with Crippen LogP contribution in [0.5, 0.6) is 11.5 Å². The van der Waals surface area contributed by atoms with E-state index in [9.17, 15) is 4.39 Å². The number of benzene rings is 2. The molecule has 0 aliphatic carbocycles. The van der Waals surface area contributed by atoms with Gasteiger partial charge in [0.05, 0.1) is 5.02 Å². The van der Waals surface area contributed by atoms with Gasteiger partial charge in [-0.1, -0.05) is 33.6 Å². The topological polar surface area (TPSA) is 21.3 Å². The summed E-state index contributed by atoms with van der Waals surface area (Å²) in [7, 11) is 1.88. The van der Waals surface area contributed by atoms with Gasteiger partial charge in [-0.2, -0.15) is 0 Å². The van der Waals surface area contributed by atoms with E-state index in [0.717, 1.165) is 16.6 Å². The minimum atomic E-state index is -0.495. The molecular formula is C14H12BrClFNO. The first-order chi connectivity index (χ1) is 9.10. The number of nitrogens with one attached hydrogen (secondary N) is 1. The fourth-order valence-corrected chi connectivity index (χ4v) is 2.22. The highest BCUT2D eigenvalue weighted by Gasteiger charge is 2.05. The first-order valence-corrected chi connectivity index (χ1v) is 6.83. The van der Waals surface area contributed by atoms with Crippen molar-refractivity contribution in [3.8, 4) is 11.5 Å². The van der Waals surface area contributed by atoms with E-state index in [1.807, 2.05) is 25.2 Å². The van der Waals surface area contributed by atoms with Crippen molar-refractivity contribution in [2.45, 2.75) is 6.54 Å². The van der Waals surface area contributed by atoms with Crippen LogP contribution in [0.25, 0.3) is 0 Å². The molecule has 0 aliphatic heterocycles. The summed E-state index contributed by atoms with van der Waals surface area (Å²) >= 11 is 9.09. The second kappa shape index (κ2) is 6.37. The highest BCUT2D eigenvalue weighted by Crippen LogP contribution is 2.28. The van der Waals surface area contributed by atoms with Gasteiger partial charge >= 0.3 is 0 Å². The minimum Gasteiger partial charge on any atom is -0.457 e. The molecule has 0 amide bonds. The van der Waals surface area contributed by atoms with Crippen LogP contribution in [0.4, 0.5) is 4.39 Å². The summed E-state index contributed by atoms with van der Waals surface area (Å²) < 4.78 is 19.8. The molecule has 0 bridgehead atoms. The van der Waals surface area contributed by atoms with Gasteiger partial charge in [0, 0.05) is 17.1 Å². The van der Waals surface area contributed by atoms with Gasteiger partial charge in [0.1, 0.15) is 17.3 Å². The molecule has 0 spiro atoms. The van der Waals surface area contributed by atoms with Crippen molar-refractivity contribution in [3.63, 3.8) is 0 Å². The lowest BCUT2D eigenvalue weighted by atomic mass is 10.2. The first-order valence-electron chi connectivity index (χ1n) is 5.66. The molecular weight excluding hydrogens is 333 g/mol. The van der Waals surface area contributed by atoms with Crippen LogP contribution in [0.15, 0.2) is 40.9 Å². The summed E-state index contributed by atoms with van der Waals surface area (Å²) in [6, 6.07) is 9.99. The third kappa shape index (κ3) is 3.69. The van der Waals surface area contributed by atoms with Crippen LogP contribution >= 0.6 is 27.5 Å². The molecule has 0 heterocycles. The normalized spacial score (nSPS) is 10.5. The standard InChI is InChI=1S/C14H12BrClFNO/c1-18-8-9-2-3-10(6-12(9)15)19-11-4-5-13(16)14(17)7-11/h2-7,18H,8H2,1H3. The van der Waals surface area contributed by atoms with Gasteiger partial charge in [-0.25, -0.2) is 4.39 Å². The molecule has 2 nitrogen and oxygen atoms in total. The van der Waals surface area contributed by atoms with Crippen LogP contribution in [-0.4, -0.2) is 7.05 Å². The van der Waals surface area contributed by atoms with Crippen LogP contribution < -0.4 is 10.1 Å². The Labute approximate surface area is 124 Å². The molecule has 0 saturated carbocycles. The highest BCUT2D eigenvalue weighted by atomic mass is 79.9. The Hall–Kier alpha value is -1.10. The maximum Gasteiger partial charge on any atom is 0.145 e. The predicted octanol–water partition coefficient (Wildman–Crippen LogP) is 4.75. The van der Waals surface area contributed by atoms with E-state index >= 15 is 0 Å². The number of rotatable bonds is 4. The van der Waals surface area contributed by atoms with Gasteiger partial charge in [0.25, 0.3) is 0 Å². The SMILES string of the molecule is CNCc1ccc(Oc2ccc(Cl)c(F)c2)cc1Br. The summed E-state index contributed by atoms with van der Waals surface area (Å²) in [5.41, 5.74) is 1.12. The molecule has 19 heavy (non-hydrogen) atoms. The second-order valence-corrected chi connectivity index (χ2v) is 5.22. The number of hydrogen-bond acceptors (Lipinski definition) is 2. The molecule has 0 unspecified atom stereocenters. The highest BCUT2D eigenvalue weighted by molar-refractivity contribution is 9.10. The average molecular weight is 345 g/mol. The van der Waals surface area contributed by atoms with Gasteiger partial charge < -0.3 is 10.1 Å². The van der Waals surface area contributed by atoms with Crippen molar-refractivity contribution in [3.05, 3.63) is 57.3 Å². The van der Waals surface area contributed by atoms with E-state index in [0.29, 0.717) is 11.5 Å². The zero-order valence-electron chi connectivity index (χ0n) is 10.2. The molecule has 100 valence electrons. The Kier molecular flexibility index (Phi) is 4.80. The minimum absolute atomic E-state index is 0.0814. The van der Waals surface area contributed by atoms with E-state index in [4.69, 9.17) is 16.3 Å². The van der Waals surface area contributed by atoms with Crippen LogP contribution in [0.3, 0.4) is 0 Å². The van der Waals surface area contributed by atoms with Gasteiger partial charge in [-0.15, -0.1) is 0 Å². The Morgan fingerprint density at radius 1 is 1.21 bits per heavy atom. The number of halogens is 3. The summed E-state index contributed by atoms with van der Waals surface area (Å²) in [4.78, 5) is 0. The van der Waals surface area contributed by atoms with Gasteiger partial charge in [0.15, 0.2) is 0 Å². The van der Waals surface area contributed by atoms with Crippen molar-refractivity contribution in [2.75, 3.05) is 7.05 Å². The Bertz CT molecular complexity index is 592. The van der Waals surface area contributed by atoms with E-state index in [1.165, 1.54) is 12.1 Å². The molecule has 2 aromatic carbocycles. The second-order valence-electron chi connectivity index (χ2n) is 3.96. The quantitative estimate of drug-likeness (QED) is 0.864. The summed E-state index contributed by atoms with van der Waals surface area (Å²) in [6.07, 6.45) is 0. The van der Waals surface area contributed by atoms with Crippen molar-refractivity contribution in [1.82, 2.24) is 5.32 Å². The molecule has 0 radical (unpaired) electrons. The molecule has 0 atom stereocenters. The molecule has 0 fully saturated rings. The van der Waals surface area contributed by atoms with Crippen molar-refractivity contribution in [1.29, 1.82) is 0 Å². The van der Waals surface area contributed by atoms with E-state index in [2.05, 4.69) is 21.2 Å². The van der Waals surface area contributed by atoms with Crippen molar-refractivity contribution >= 4 is 27.5 Å². The van der Waals surface area contributed by atoms with Crippen LogP contribution in [0.2, 0.25) is 5.02 Å². The lowest BCUT2D eigenvalue weighted by Gasteiger charge is -2.09. The van der Waals surface area contributed by atoms with Gasteiger partial charge in [-0.3, -0.25) is 0 Å². The summed E-state index contributed by atoms with van der Waals surface area (Å²) in [5.74, 6) is 0.550. The fourth-order valence-electron chi connectivity index (χ4n) is 1.60. The fraction of sp³-hybridized carbons (Fsp3) is 0.143. The van der Waals surface area contributed by atoms with E-state index in [-0.39, 0.29) is 5.02 Å². The zero-order valence-corrected chi connectivity index (χ0v) is 12.6. The maximum atomic E-state index is 13.3. The van der Waals surface area contributed by atoms with Crippen LogP contribution in [0.1, 0.15) is 5.56 Å². The van der Waals surface area contributed by atoms with Crippen molar-refractivity contribution < 1.29 is 9.13 Å². The lowest BCUT2D eigenvalue weighted by Crippen LogP contribution is -2.05. The van der Waals surface area contributed by atoms with Crippen LogP contribution in [0, 0.1) is 5.82 Å².